The Morgan fingerprint density at radius 2 is 2.07 bits per heavy atom. The zero-order valence-electron chi connectivity index (χ0n) is 9.21. The Morgan fingerprint density at radius 3 is 2.64 bits per heavy atom. The Hall–Kier alpha value is -1.05. The first-order valence-corrected chi connectivity index (χ1v) is 5.13. The summed E-state index contributed by atoms with van der Waals surface area (Å²) in [6.45, 7) is 5.82. The first kappa shape index (κ1) is 12.9. The normalized spacial score (nSPS) is 10.4. The van der Waals surface area contributed by atoms with E-state index in [0.29, 0.717) is 12.0 Å². The van der Waals surface area contributed by atoms with Gasteiger partial charge < -0.3 is 4.74 Å². The number of hydrogen-bond donors (Lipinski definition) is 0. The van der Waals surface area contributed by atoms with E-state index in [1.807, 2.05) is 6.08 Å². The molecular formula is C12H20O2. The number of ether oxygens (including phenoxy) is 1. The molecule has 0 rings (SSSR count). The van der Waals surface area contributed by atoms with Crippen LogP contribution in [0.4, 0.5) is 0 Å². The number of methoxy groups -OCH3 is 1. The Kier molecular flexibility index (Phi) is 7.90. The van der Waals surface area contributed by atoms with E-state index in [-0.39, 0.29) is 5.97 Å². The highest BCUT2D eigenvalue weighted by Gasteiger charge is 2.02. The van der Waals surface area contributed by atoms with Gasteiger partial charge in [0.05, 0.1) is 7.11 Å². The second-order valence-electron chi connectivity index (χ2n) is 3.27. The van der Waals surface area contributed by atoms with E-state index in [4.69, 9.17) is 0 Å². The molecule has 0 bridgehead atoms. The molecule has 0 amide bonds. The predicted octanol–water partition coefficient (Wildman–Crippen LogP) is 3.24. The van der Waals surface area contributed by atoms with Crippen LogP contribution in [0.3, 0.4) is 0 Å². The zero-order chi connectivity index (χ0) is 10.8. The maximum atomic E-state index is 10.9. The van der Waals surface area contributed by atoms with Crippen LogP contribution >= 0.6 is 0 Å². The predicted molar refractivity (Wildman–Crippen MR) is 59.1 cm³/mol. The van der Waals surface area contributed by atoms with Gasteiger partial charge in [0.15, 0.2) is 0 Å². The van der Waals surface area contributed by atoms with Crippen LogP contribution in [0.25, 0.3) is 0 Å². The minimum Gasteiger partial charge on any atom is -0.466 e. The van der Waals surface area contributed by atoms with Crippen LogP contribution in [0.5, 0.6) is 0 Å². The molecule has 0 aromatic heterocycles. The molecule has 80 valence electrons. The second kappa shape index (κ2) is 8.54. The van der Waals surface area contributed by atoms with Gasteiger partial charge in [0.1, 0.15) is 0 Å². The Labute approximate surface area is 86.6 Å². The summed E-state index contributed by atoms with van der Waals surface area (Å²) in [6, 6.07) is 0. The van der Waals surface area contributed by atoms with Crippen molar-refractivity contribution in [3.8, 4) is 0 Å². The summed E-state index contributed by atoms with van der Waals surface area (Å²) in [5.41, 5.74) is 0.513. The molecule has 0 aliphatic carbocycles. The van der Waals surface area contributed by atoms with Crippen molar-refractivity contribution >= 4 is 5.97 Å². The zero-order valence-corrected chi connectivity index (χ0v) is 9.21. The van der Waals surface area contributed by atoms with Crippen LogP contribution in [-0.2, 0) is 9.53 Å². The SMILES string of the molecule is C=C(C/C=C/CCCCC)C(=O)OC. The van der Waals surface area contributed by atoms with Crippen molar-refractivity contribution in [3.63, 3.8) is 0 Å². The van der Waals surface area contributed by atoms with Crippen LogP contribution in [0.15, 0.2) is 24.3 Å². The van der Waals surface area contributed by atoms with Gasteiger partial charge in [-0.25, -0.2) is 4.79 Å². The molecule has 0 spiro atoms. The molecule has 0 aliphatic rings. The summed E-state index contributed by atoms with van der Waals surface area (Å²) in [6.07, 6.45) is 9.49. The van der Waals surface area contributed by atoms with Gasteiger partial charge in [0, 0.05) is 5.57 Å². The van der Waals surface area contributed by atoms with Crippen LogP contribution in [0.2, 0.25) is 0 Å². The summed E-state index contributed by atoms with van der Waals surface area (Å²) < 4.78 is 4.54. The number of carbonyl (C=O) groups is 1. The number of carbonyl (C=O) groups excluding carboxylic acids is 1. The summed E-state index contributed by atoms with van der Waals surface area (Å²) in [5.74, 6) is -0.316. The molecule has 0 aromatic carbocycles. The fraction of sp³-hybridized carbons (Fsp3) is 0.583. The highest BCUT2D eigenvalue weighted by Crippen LogP contribution is 2.04. The van der Waals surface area contributed by atoms with E-state index in [0.717, 1.165) is 6.42 Å². The maximum absolute atomic E-state index is 10.9. The van der Waals surface area contributed by atoms with Gasteiger partial charge in [-0.15, -0.1) is 0 Å². The molecule has 0 saturated carbocycles. The van der Waals surface area contributed by atoms with Gasteiger partial charge in [0.25, 0.3) is 0 Å². The van der Waals surface area contributed by atoms with E-state index >= 15 is 0 Å². The molecule has 0 fully saturated rings. The smallest absolute Gasteiger partial charge is 0.333 e. The molecule has 0 radical (unpaired) electrons. The van der Waals surface area contributed by atoms with E-state index < -0.39 is 0 Å². The third-order valence-electron chi connectivity index (χ3n) is 1.98. The summed E-state index contributed by atoms with van der Waals surface area (Å²) in [5, 5.41) is 0. The van der Waals surface area contributed by atoms with Gasteiger partial charge in [0.2, 0.25) is 0 Å². The third kappa shape index (κ3) is 6.46. The molecule has 2 heteroatoms. The quantitative estimate of drug-likeness (QED) is 0.270. The minimum atomic E-state index is -0.316. The van der Waals surface area contributed by atoms with Crippen molar-refractivity contribution in [2.75, 3.05) is 7.11 Å². The number of hydrogen-bond acceptors (Lipinski definition) is 2. The molecule has 0 aromatic rings. The Balaban J connectivity index is 3.51. The highest BCUT2D eigenvalue weighted by atomic mass is 16.5. The molecule has 0 heterocycles. The van der Waals surface area contributed by atoms with Crippen LogP contribution < -0.4 is 0 Å². The molecule has 0 unspecified atom stereocenters. The average molecular weight is 196 g/mol. The lowest BCUT2D eigenvalue weighted by molar-refractivity contribution is -0.136. The molecule has 0 saturated heterocycles. The van der Waals surface area contributed by atoms with Crippen molar-refractivity contribution in [1.82, 2.24) is 0 Å². The first-order valence-electron chi connectivity index (χ1n) is 5.13. The van der Waals surface area contributed by atoms with Gasteiger partial charge >= 0.3 is 5.97 Å². The largest absolute Gasteiger partial charge is 0.466 e. The molecule has 0 aliphatic heterocycles. The Bertz CT molecular complexity index is 204. The van der Waals surface area contributed by atoms with E-state index in [1.165, 1.54) is 26.4 Å². The van der Waals surface area contributed by atoms with Crippen molar-refractivity contribution in [2.24, 2.45) is 0 Å². The fourth-order valence-electron chi connectivity index (χ4n) is 1.08. The number of unbranched alkanes of at least 4 members (excludes halogenated alkanes) is 3. The summed E-state index contributed by atoms with van der Waals surface area (Å²) >= 11 is 0. The molecule has 0 atom stereocenters. The maximum Gasteiger partial charge on any atom is 0.333 e. The van der Waals surface area contributed by atoms with Crippen LogP contribution in [0, 0.1) is 0 Å². The first-order chi connectivity index (χ1) is 6.72. The monoisotopic (exact) mass is 196 g/mol. The topological polar surface area (TPSA) is 26.3 Å². The molecule has 14 heavy (non-hydrogen) atoms. The van der Waals surface area contributed by atoms with E-state index in [2.05, 4.69) is 24.3 Å². The highest BCUT2D eigenvalue weighted by molar-refractivity contribution is 5.87. The van der Waals surface area contributed by atoms with Gasteiger partial charge in [-0.2, -0.15) is 0 Å². The minimum absolute atomic E-state index is 0.316. The standard InChI is InChI=1S/C12H20O2/c1-4-5-6-7-8-9-10-11(2)12(13)14-3/h8-9H,2,4-7,10H2,1,3H3/b9-8+. The van der Waals surface area contributed by atoms with E-state index in [9.17, 15) is 4.79 Å². The Morgan fingerprint density at radius 1 is 1.36 bits per heavy atom. The fourth-order valence-corrected chi connectivity index (χ4v) is 1.08. The lowest BCUT2D eigenvalue weighted by Crippen LogP contribution is -2.02. The van der Waals surface area contributed by atoms with Crippen molar-refractivity contribution in [1.29, 1.82) is 0 Å². The van der Waals surface area contributed by atoms with Crippen molar-refractivity contribution < 1.29 is 9.53 Å². The van der Waals surface area contributed by atoms with Crippen molar-refractivity contribution in [2.45, 2.75) is 39.0 Å². The molecule has 0 N–H and O–H groups in total. The van der Waals surface area contributed by atoms with Gasteiger partial charge in [-0.3, -0.25) is 0 Å². The average Bonchev–Trinajstić information content (AvgIpc) is 2.21. The third-order valence-corrected chi connectivity index (χ3v) is 1.98. The van der Waals surface area contributed by atoms with E-state index in [1.54, 1.807) is 0 Å². The second-order valence-corrected chi connectivity index (χ2v) is 3.27. The van der Waals surface area contributed by atoms with Gasteiger partial charge in [-0.1, -0.05) is 38.5 Å². The molecular weight excluding hydrogens is 176 g/mol. The lowest BCUT2D eigenvalue weighted by atomic mass is 10.1. The summed E-state index contributed by atoms with van der Waals surface area (Å²) in [7, 11) is 1.37. The number of allylic oxidation sites excluding steroid dienone is 2. The summed E-state index contributed by atoms with van der Waals surface area (Å²) in [4.78, 5) is 10.9. The number of esters is 1. The van der Waals surface area contributed by atoms with Gasteiger partial charge in [-0.05, 0) is 19.3 Å². The van der Waals surface area contributed by atoms with Crippen molar-refractivity contribution in [3.05, 3.63) is 24.3 Å². The number of rotatable bonds is 7. The van der Waals surface area contributed by atoms with Crippen LogP contribution in [-0.4, -0.2) is 13.1 Å². The molecule has 2 nitrogen and oxygen atoms in total. The lowest BCUT2D eigenvalue weighted by Gasteiger charge is -1.98. The van der Waals surface area contributed by atoms with Crippen LogP contribution in [0.1, 0.15) is 39.0 Å².